The van der Waals surface area contributed by atoms with Crippen molar-refractivity contribution in [1.29, 1.82) is 0 Å². The summed E-state index contributed by atoms with van der Waals surface area (Å²) in [6, 6.07) is 4.19. The topological polar surface area (TPSA) is 64.3 Å². The molecule has 0 radical (unpaired) electrons. The molecule has 1 amide bonds. The number of rotatable bonds is 7. The molecule has 1 aromatic rings. The van der Waals surface area contributed by atoms with Gasteiger partial charge >= 0.3 is 0 Å². The summed E-state index contributed by atoms with van der Waals surface area (Å²) in [4.78, 5) is 11.9. The van der Waals surface area contributed by atoms with Crippen LogP contribution in [0, 0.1) is 11.7 Å². The van der Waals surface area contributed by atoms with Crippen LogP contribution in [0.25, 0.3) is 0 Å². The number of methoxy groups -OCH3 is 1. The van der Waals surface area contributed by atoms with Crippen molar-refractivity contribution in [2.24, 2.45) is 11.7 Å². The lowest BCUT2D eigenvalue weighted by molar-refractivity contribution is 0.0942. The number of nitrogens with one attached hydrogen (secondary N) is 1. The zero-order valence-electron chi connectivity index (χ0n) is 11.4. The molecule has 19 heavy (non-hydrogen) atoms. The van der Waals surface area contributed by atoms with E-state index in [0.29, 0.717) is 24.8 Å². The highest BCUT2D eigenvalue weighted by molar-refractivity contribution is 5.94. The molecule has 4 nitrogen and oxygen atoms in total. The number of carbonyl (C=O) groups excluding carboxylic acids is 1. The molecular weight excluding hydrogens is 247 g/mol. The lowest BCUT2D eigenvalue weighted by Crippen LogP contribution is -2.30. The van der Waals surface area contributed by atoms with E-state index in [1.807, 2.05) is 6.92 Å². The van der Waals surface area contributed by atoms with Gasteiger partial charge < -0.3 is 15.8 Å². The molecule has 1 rings (SSSR count). The number of halogens is 1. The molecule has 0 aliphatic rings. The minimum Gasteiger partial charge on any atom is -0.497 e. The molecule has 0 bridgehead atoms. The number of carbonyl (C=O) groups is 1. The number of nitrogens with two attached hydrogens (primary N) is 1. The maximum atomic E-state index is 13.7. The van der Waals surface area contributed by atoms with Gasteiger partial charge in [0, 0.05) is 12.6 Å². The highest BCUT2D eigenvalue weighted by atomic mass is 19.1. The van der Waals surface area contributed by atoms with Crippen LogP contribution in [0.4, 0.5) is 4.39 Å². The Balaban J connectivity index is 2.63. The van der Waals surface area contributed by atoms with Gasteiger partial charge in [-0.2, -0.15) is 0 Å². The van der Waals surface area contributed by atoms with Crippen molar-refractivity contribution >= 4 is 5.91 Å². The summed E-state index contributed by atoms with van der Waals surface area (Å²) >= 11 is 0. The average molecular weight is 268 g/mol. The lowest BCUT2D eigenvalue weighted by Gasteiger charge is -2.14. The van der Waals surface area contributed by atoms with Crippen LogP contribution >= 0.6 is 0 Å². The quantitative estimate of drug-likeness (QED) is 0.794. The summed E-state index contributed by atoms with van der Waals surface area (Å²) in [6.45, 7) is 3.14. The van der Waals surface area contributed by atoms with Gasteiger partial charge in [0.1, 0.15) is 11.6 Å². The molecule has 1 atom stereocenters. The van der Waals surface area contributed by atoms with Crippen molar-refractivity contribution in [3.63, 3.8) is 0 Å². The van der Waals surface area contributed by atoms with Crippen molar-refractivity contribution in [2.75, 3.05) is 20.2 Å². The van der Waals surface area contributed by atoms with E-state index in [2.05, 4.69) is 5.32 Å². The van der Waals surface area contributed by atoms with Gasteiger partial charge in [0.05, 0.1) is 12.7 Å². The van der Waals surface area contributed by atoms with Gasteiger partial charge in [0.25, 0.3) is 5.91 Å². The van der Waals surface area contributed by atoms with Crippen molar-refractivity contribution in [2.45, 2.75) is 19.8 Å². The molecule has 0 aliphatic heterocycles. The Hall–Kier alpha value is -1.62. The Morgan fingerprint density at radius 1 is 1.53 bits per heavy atom. The van der Waals surface area contributed by atoms with Crippen LogP contribution in [-0.4, -0.2) is 26.1 Å². The maximum Gasteiger partial charge on any atom is 0.254 e. The number of hydrogen-bond donors (Lipinski definition) is 2. The van der Waals surface area contributed by atoms with Crippen LogP contribution in [-0.2, 0) is 0 Å². The van der Waals surface area contributed by atoms with Crippen molar-refractivity contribution in [3.8, 4) is 5.75 Å². The summed E-state index contributed by atoms with van der Waals surface area (Å²) in [5.41, 5.74) is 5.52. The normalized spacial score (nSPS) is 12.0. The highest BCUT2D eigenvalue weighted by Gasteiger charge is 2.14. The molecule has 0 spiro atoms. The van der Waals surface area contributed by atoms with Gasteiger partial charge in [0.15, 0.2) is 0 Å². The predicted octanol–water partition coefficient (Wildman–Crippen LogP) is 1.94. The average Bonchev–Trinajstić information content (AvgIpc) is 2.42. The van der Waals surface area contributed by atoms with Gasteiger partial charge in [0.2, 0.25) is 0 Å². The van der Waals surface area contributed by atoms with Gasteiger partial charge in [-0.1, -0.05) is 13.3 Å². The summed E-state index contributed by atoms with van der Waals surface area (Å²) < 4.78 is 18.6. The molecule has 106 valence electrons. The number of amides is 1. The molecule has 0 saturated heterocycles. The van der Waals surface area contributed by atoms with E-state index in [0.717, 1.165) is 12.8 Å². The molecule has 3 N–H and O–H groups in total. The van der Waals surface area contributed by atoms with E-state index >= 15 is 0 Å². The Kier molecular flexibility index (Phi) is 6.29. The molecule has 0 aliphatic carbocycles. The van der Waals surface area contributed by atoms with E-state index in [4.69, 9.17) is 10.5 Å². The van der Waals surface area contributed by atoms with Crippen LogP contribution in [0.1, 0.15) is 30.1 Å². The fourth-order valence-corrected chi connectivity index (χ4v) is 1.83. The molecule has 5 heteroatoms. The first-order chi connectivity index (χ1) is 9.12. The molecule has 1 unspecified atom stereocenters. The van der Waals surface area contributed by atoms with E-state index in [1.165, 1.54) is 19.2 Å². The van der Waals surface area contributed by atoms with Gasteiger partial charge in [-0.25, -0.2) is 4.39 Å². The van der Waals surface area contributed by atoms with Crippen LogP contribution in [0.15, 0.2) is 18.2 Å². The number of ether oxygens (including phenoxy) is 1. The number of benzene rings is 1. The second-order valence-corrected chi connectivity index (χ2v) is 4.41. The van der Waals surface area contributed by atoms with Crippen LogP contribution < -0.4 is 15.8 Å². The Bertz CT molecular complexity index is 424. The van der Waals surface area contributed by atoms with Crippen molar-refractivity contribution in [1.82, 2.24) is 5.32 Å². The largest absolute Gasteiger partial charge is 0.497 e. The fourth-order valence-electron chi connectivity index (χ4n) is 1.83. The van der Waals surface area contributed by atoms with E-state index in [9.17, 15) is 9.18 Å². The number of hydrogen-bond acceptors (Lipinski definition) is 3. The minimum absolute atomic E-state index is 0.0309. The standard InChI is InChI=1S/C14H21FN2O2/c1-3-10(6-7-16)9-17-14(18)12-5-4-11(19-2)8-13(12)15/h4-5,8,10H,3,6-7,9,16H2,1-2H3,(H,17,18). The summed E-state index contributed by atoms with van der Waals surface area (Å²) in [5, 5.41) is 2.74. The second kappa shape index (κ2) is 7.74. The van der Waals surface area contributed by atoms with Gasteiger partial charge in [-0.3, -0.25) is 4.79 Å². The predicted molar refractivity (Wildman–Crippen MR) is 72.7 cm³/mol. The zero-order valence-corrected chi connectivity index (χ0v) is 11.4. The zero-order chi connectivity index (χ0) is 14.3. The molecular formula is C14H21FN2O2. The molecule has 0 fully saturated rings. The SMILES string of the molecule is CCC(CCN)CNC(=O)c1ccc(OC)cc1F. The van der Waals surface area contributed by atoms with Crippen LogP contribution in [0.3, 0.4) is 0 Å². The fraction of sp³-hybridized carbons (Fsp3) is 0.500. The molecule has 0 heterocycles. The summed E-state index contributed by atoms with van der Waals surface area (Å²) in [6.07, 6.45) is 1.78. The molecule has 1 aromatic carbocycles. The van der Waals surface area contributed by atoms with E-state index in [1.54, 1.807) is 6.07 Å². The first-order valence-electron chi connectivity index (χ1n) is 6.44. The van der Waals surface area contributed by atoms with Crippen molar-refractivity contribution < 1.29 is 13.9 Å². The molecule has 0 saturated carbocycles. The minimum atomic E-state index is -0.580. The highest BCUT2D eigenvalue weighted by Crippen LogP contribution is 2.16. The lowest BCUT2D eigenvalue weighted by atomic mass is 10.0. The second-order valence-electron chi connectivity index (χ2n) is 4.41. The summed E-state index contributed by atoms with van der Waals surface area (Å²) in [7, 11) is 1.45. The first kappa shape index (κ1) is 15.4. The Morgan fingerprint density at radius 2 is 2.26 bits per heavy atom. The van der Waals surface area contributed by atoms with Crippen LogP contribution in [0.2, 0.25) is 0 Å². The third-order valence-electron chi connectivity index (χ3n) is 3.12. The van der Waals surface area contributed by atoms with Crippen LogP contribution in [0.5, 0.6) is 5.75 Å². The smallest absolute Gasteiger partial charge is 0.254 e. The van der Waals surface area contributed by atoms with Gasteiger partial charge in [-0.15, -0.1) is 0 Å². The van der Waals surface area contributed by atoms with E-state index in [-0.39, 0.29) is 5.56 Å². The molecule has 0 aromatic heterocycles. The Labute approximate surface area is 113 Å². The maximum absolute atomic E-state index is 13.7. The first-order valence-corrected chi connectivity index (χ1v) is 6.44. The van der Waals surface area contributed by atoms with Gasteiger partial charge in [-0.05, 0) is 31.0 Å². The third kappa shape index (κ3) is 4.52. The Morgan fingerprint density at radius 3 is 2.79 bits per heavy atom. The monoisotopic (exact) mass is 268 g/mol. The summed E-state index contributed by atoms with van der Waals surface area (Å²) in [5.74, 6) is -0.266. The third-order valence-corrected chi connectivity index (χ3v) is 3.12. The van der Waals surface area contributed by atoms with Crippen molar-refractivity contribution in [3.05, 3.63) is 29.6 Å². The van der Waals surface area contributed by atoms with E-state index < -0.39 is 11.7 Å².